The highest BCUT2D eigenvalue weighted by Crippen LogP contribution is 2.29. The number of carbonyl (C=O) groups is 1. The predicted molar refractivity (Wildman–Crippen MR) is 85.0 cm³/mol. The quantitative estimate of drug-likeness (QED) is 0.835. The molecule has 134 valence electrons. The second kappa shape index (κ2) is 8.34. The van der Waals surface area contributed by atoms with Crippen LogP contribution in [0.25, 0.3) is 0 Å². The molecule has 8 heteroatoms. The van der Waals surface area contributed by atoms with E-state index in [0.29, 0.717) is 25.4 Å². The Morgan fingerprint density at radius 3 is 2.33 bits per heavy atom. The van der Waals surface area contributed by atoms with Crippen molar-refractivity contribution in [3.05, 3.63) is 29.8 Å². The van der Waals surface area contributed by atoms with E-state index in [1.54, 1.807) is 12.0 Å². The lowest BCUT2D eigenvalue weighted by molar-refractivity contribution is -0.137. The number of carbonyl (C=O) groups excluding carboxylic acids is 1. The molecule has 24 heavy (non-hydrogen) atoms. The lowest BCUT2D eigenvalue weighted by Crippen LogP contribution is -2.50. The van der Waals surface area contributed by atoms with E-state index in [9.17, 15) is 18.0 Å². The summed E-state index contributed by atoms with van der Waals surface area (Å²) < 4.78 is 42.6. The van der Waals surface area contributed by atoms with Gasteiger partial charge < -0.3 is 15.0 Å². The normalized spacial score (nSPS) is 16.2. The number of hydrogen-bond acceptors (Lipinski definition) is 3. The van der Waals surface area contributed by atoms with Crippen molar-refractivity contribution >= 4 is 11.7 Å². The van der Waals surface area contributed by atoms with Gasteiger partial charge in [-0.2, -0.15) is 13.2 Å². The Morgan fingerprint density at radius 2 is 1.79 bits per heavy atom. The van der Waals surface area contributed by atoms with E-state index >= 15 is 0 Å². The minimum absolute atomic E-state index is 0.286. The van der Waals surface area contributed by atoms with Crippen LogP contribution >= 0.6 is 0 Å². The van der Waals surface area contributed by atoms with Crippen molar-refractivity contribution in [1.82, 2.24) is 9.80 Å². The van der Waals surface area contributed by atoms with Crippen molar-refractivity contribution in [3.8, 4) is 0 Å². The Hall–Kier alpha value is -1.80. The zero-order valence-electron chi connectivity index (χ0n) is 13.6. The molecule has 0 saturated carbocycles. The fourth-order valence-electron chi connectivity index (χ4n) is 2.55. The lowest BCUT2D eigenvalue weighted by Gasteiger charge is -2.34. The van der Waals surface area contributed by atoms with Gasteiger partial charge in [-0.05, 0) is 30.7 Å². The molecule has 1 aliphatic heterocycles. The highest BCUT2D eigenvalue weighted by molar-refractivity contribution is 5.89. The van der Waals surface area contributed by atoms with E-state index in [4.69, 9.17) is 4.74 Å². The molecule has 5 nitrogen and oxygen atoms in total. The minimum atomic E-state index is -4.37. The molecule has 1 fully saturated rings. The monoisotopic (exact) mass is 345 g/mol. The Morgan fingerprint density at radius 1 is 1.17 bits per heavy atom. The third-order valence-corrected chi connectivity index (χ3v) is 3.95. The number of urea groups is 1. The number of rotatable bonds is 5. The first-order valence-electron chi connectivity index (χ1n) is 7.84. The number of nitrogens with one attached hydrogen (secondary N) is 1. The van der Waals surface area contributed by atoms with E-state index in [2.05, 4.69) is 10.2 Å². The van der Waals surface area contributed by atoms with Crippen LogP contribution in [-0.4, -0.2) is 62.3 Å². The zero-order valence-corrected chi connectivity index (χ0v) is 13.6. The molecule has 0 bridgehead atoms. The van der Waals surface area contributed by atoms with Gasteiger partial charge in [0.2, 0.25) is 0 Å². The van der Waals surface area contributed by atoms with Gasteiger partial charge in [-0.15, -0.1) is 0 Å². The Kier molecular flexibility index (Phi) is 6.44. The molecule has 2 amide bonds. The average molecular weight is 345 g/mol. The first kappa shape index (κ1) is 18.5. The van der Waals surface area contributed by atoms with Crippen molar-refractivity contribution < 1.29 is 22.7 Å². The van der Waals surface area contributed by atoms with Crippen LogP contribution in [0.15, 0.2) is 24.3 Å². The molecule has 1 N–H and O–H groups in total. The molecule has 0 atom stereocenters. The Bertz CT molecular complexity index is 526. The first-order valence-corrected chi connectivity index (χ1v) is 7.84. The number of alkyl halides is 3. The van der Waals surface area contributed by atoms with Gasteiger partial charge in [0.25, 0.3) is 0 Å². The minimum Gasteiger partial charge on any atom is -0.385 e. The summed E-state index contributed by atoms with van der Waals surface area (Å²) in [6.45, 7) is 4.41. The van der Waals surface area contributed by atoms with Gasteiger partial charge in [0.05, 0.1) is 5.56 Å². The number of hydrogen-bond donors (Lipinski definition) is 1. The van der Waals surface area contributed by atoms with Crippen LogP contribution in [0, 0.1) is 0 Å². The van der Waals surface area contributed by atoms with Gasteiger partial charge in [0, 0.05) is 52.1 Å². The predicted octanol–water partition coefficient (Wildman–Crippen LogP) is 2.89. The maximum Gasteiger partial charge on any atom is 0.416 e. The summed E-state index contributed by atoms with van der Waals surface area (Å²) in [6.07, 6.45) is -3.42. The van der Waals surface area contributed by atoms with Crippen molar-refractivity contribution in [2.24, 2.45) is 0 Å². The van der Waals surface area contributed by atoms with Crippen LogP contribution in [0.5, 0.6) is 0 Å². The van der Waals surface area contributed by atoms with Crippen LogP contribution in [0.2, 0.25) is 0 Å². The second-order valence-corrected chi connectivity index (χ2v) is 5.68. The van der Waals surface area contributed by atoms with E-state index in [0.717, 1.165) is 38.2 Å². The molecular formula is C16H22F3N3O2. The summed E-state index contributed by atoms with van der Waals surface area (Å²) in [5, 5.41) is 2.64. The third-order valence-electron chi connectivity index (χ3n) is 3.95. The molecule has 0 aromatic heterocycles. The van der Waals surface area contributed by atoms with Gasteiger partial charge in [0.1, 0.15) is 0 Å². The number of ether oxygens (including phenoxy) is 1. The number of piperazine rings is 1. The molecule has 1 aromatic rings. The van der Waals surface area contributed by atoms with Gasteiger partial charge in [-0.25, -0.2) is 4.79 Å². The van der Waals surface area contributed by atoms with Crippen molar-refractivity contribution in [3.63, 3.8) is 0 Å². The van der Waals surface area contributed by atoms with Crippen LogP contribution in [-0.2, 0) is 10.9 Å². The summed E-state index contributed by atoms with van der Waals surface area (Å²) in [5.74, 6) is 0. The van der Waals surface area contributed by atoms with Crippen LogP contribution in [0.3, 0.4) is 0 Å². The first-order chi connectivity index (χ1) is 11.4. The summed E-state index contributed by atoms with van der Waals surface area (Å²) in [5.41, 5.74) is -0.374. The maximum absolute atomic E-state index is 12.5. The number of amides is 2. The zero-order chi connectivity index (χ0) is 17.6. The van der Waals surface area contributed by atoms with E-state index in [1.165, 1.54) is 12.1 Å². The summed E-state index contributed by atoms with van der Waals surface area (Å²) in [4.78, 5) is 16.1. The third kappa shape index (κ3) is 5.38. The smallest absolute Gasteiger partial charge is 0.385 e. The SMILES string of the molecule is COCCCN1CCN(C(=O)Nc2ccc(C(F)(F)F)cc2)CC1. The summed E-state index contributed by atoms with van der Waals surface area (Å²) in [7, 11) is 1.67. The molecule has 1 aromatic carbocycles. The van der Waals surface area contributed by atoms with Crippen LogP contribution in [0.4, 0.5) is 23.7 Å². The lowest BCUT2D eigenvalue weighted by atomic mass is 10.2. The summed E-state index contributed by atoms with van der Waals surface area (Å²) >= 11 is 0. The largest absolute Gasteiger partial charge is 0.416 e. The summed E-state index contributed by atoms with van der Waals surface area (Å²) in [6, 6.07) is 4.17. The molecule has 0 aliphatic carbocycles. The van der Waals surface area contributed by atoms with E-state index < -0.39 is 11.7 Å². The highest BCUT2D eigenvalue weighted by Gasteiger charge is 2.30. The fourth-order valence-corrected chi connectivity index (χ4v) is 2.55. The van der Waals surface area contributed by atoms with Crippen molar-refractivity contribution in [2.75, 3.05) is 51.8 Å². The highest BCUT2D eigenvalue weighted by atomic mass is 19.4. The number of nitrogens with zero attached hydrogens (tertiary/aromatic N) is 2. The average Bonchev–Trinajstić information content (AvgIpc) is 2.55. The Labute approximate surface area is 139 Å². The molecular weight excluding hydrogens is 323 g/mol. The van der Waals surface area contributed by atoms with Crippen LogP contribution in [0.1, 0.15) is 12.0 Å². The number of benzene rings is 1. The van der Waals surface area contributed by atoms with Gasteiger partial charge in [-0.3, -0.25) is 4.90 Å². The van der Waals surface area contributed by atoms with Gasteiger partial charge in [-0.1, -0.05) is 0 Å². The van der Waals surface area contributed by atoms with E-state index in [1.807, 2.05) is 0 Å². The standard InChI is InChI=1S/C16H22F3N3O2/c1-24-12-2-7-21-8-10-22(11-9-21)15(23)20-14-5-3-13(4-6-14)16(17,18)19/h3-6H,2,7-12H2,1H3,(H,20,23). The molecule has 1 saturated heterocycles. The maximum atomic E-state index is 12.5. The van der Waals surface area contributed by atoms with E-state index in [-0.39, 0.29) is 6.03 Å². The van der Waals surface area contributed by atoms with Gasteiger partial charge in [0.15, 0.2) is 0 Å². The molecule has 0 unspecified atom stereocenters. The van der Waals surface area contributed by atoms with Crippen molar-refractivity contribution in [2.45, 2.75) is 12.6 Å². The molecule has 1 heterocycles. The fraction of sp³-hybridized carbons (Fsp3) is 0.562. The second-order valence-electron chi connectivity index (χ2n) is 5.68. The van der Waals surface area contributed by atoms with Gasteiger partial charge >= 0.3 is 12.2 Å². The van der Waals surface area contributed by atoms with Crippen molar-refractivity contribution in [1.29, 1.82) is 0 Å². The molecule has 2 rings (SSSR count). The molecule has 1 aliphatic rings. The molecule has 0 radical (unpaired) electrons. The van der Waals surface area contributed by atoms with Crippen LogP contribution < -0.4 is 5.32 Å². The topological polar surface area (TPSA) is 44.8 Å². The number of halogens is 3. The number of anilines is 1. The Balaban J connectivity index is 1.79. The molecule has 0 spiro atoms. The number of methoxy groups -OCH3 is 1.